The summed E-state index contributed by atoms with van der Waals surface area (Å²) in [7, 11) is 0. The maximum atomic E-state index is 9.38. The maximum absolute atomic E-state index is 9.38. The lowest BCUT2D eigenvalue weighted by Crippen LogP contribution is -2.16. The van der Waals surface area contributed by atoms with Crippen LogP contribution in [0.15, 0.2) is 30.0 Å². The fourth-order valence-corrected chi connectivity index (χ4v) is 2.35. The quantitative estimate of drug-likeness (QED) is 0.714. The van der Waals surface area contributed by atoms with E-state index in [0.29, 0.717) is 17.6 Å². The van der Waals surface area contributed by atoms with Crippen molar-refractivity contribution in [3.8, 4) is 0 Å². The first kappa shape index (κ1) is 15.6. The second-order valence-electron chi connectivity index (χ2n) is 5.86. The molecule has 1 atom stereocenters. The molecule has 0 heterocycles. The summed E-state index contributed by atoms with van der Waals surface area (Å²) in [6, 6.07) is 6.61. The van der Waals surface area contributed by atoms with Crippen LogP contribution >= 0.6 is 0 Å². The molecule has 0 radical (unpaired) electrons. The lowest BCUT2D eigenvalue weighted by Gasteiger charge is -2.23. The summed E-state index contributed by atoms with van der Waals surface area (Å²) in [5.74, 6) is 1.31. The smallest absolute Gasteiger partial charge is 0.0872 e. The van der Waals surface area contributed by atoms with Gasteiger partial charge < -0.3 is 10.4 Å². The minimum absolute atomic E-state index is 0.113. The number of rotatable bonds is 5. The van der Waals surface area contributed by atoms with Gasteiger partial charge in [-0.25, -0.2) is 0 Å². The lowest BCUT2D eigenvalue weighted by molar-refractivity contribution is 0.410. The minimum Gasteiger partial charge on any atom is -0.513 e. The molecule has 2 heteroatoms. The Labute approximate surface area is 117 Å². The Hall–Kier alpha value is -1.44. The zero-order valence-corrected chi connectivity index (χ0v) is 13.0. The van der Waals surface area contributed by atoms with Crippen LogP contribution in [-0.4, -0.2) is 11.1 Å². The molecule has 19 heavy (non-hydrogen) atoms. The molecule has 0 fully saturated rings. The molecule has 1 aromatic rings. The Morgan fingerprint density at radius 3 is 1.89 bits per heavy atom. The van der Waals surface area contributed by atoms with Gasteiger partial charge in [-0.2, -0.15) is 0 Å². The van der Waals surface area contributed by atoms with Crippen LogP contribution in [0.1, 0.15) is 64.5 Å². The van der Waals surface area contributed by atoms with Crippen molar-refractivity contribution in [1.29, 1.82) is 0 Å². The number of aliphatic hydroxyl groups excluding tert-OH is 1. The predicted octanol–water partition coefficient (Wildman–Crippen LogP) is 5.20. The van der Waals surface area contributed by atoms with Gasteiger partial charge in [0, 0.05) is 11.7 Å². The van der Waals surface area contributed by atoms with E-state index in [1.54, 1.807) is 6.92 Å². The topological polar surface area (TPSA) is 32.3 Å². The van der Waals surface area contributed by atoms with Gasteiger partial charge in [-0.15, -0.1) is 0 Å². The predicted molar refractivity (Wildman–Crippen MR) is 84.1 cm³/mol. The summed E-state index contributed by atoms with van der Waals surface area (Å²) in [4.78, 5) is 0. The van der Waals surface area contributed by atoms with Gasteiger partial charge in [-0.1, -0.05) is 45.9 Å². The lowest BCUT2D eigenvalue weighted by atomic mass is 9.92. The van der Waals surface area contributed by atoms with Crippen LogP contribution < -0.4 is 5.32 Å². The maximum Gasteiger partial charge on any atom is 0.0872 e. The van der Waals surface area contributed by atoms with Crippen molar-refractivity contribution < 1.29 is 5.11 Å². The van der Waals surface area contributed by atoms with E-state index in [9.17, 15) is 5.11 Å². The van der Waals surface area contributed by atoms with Gasteiger partial charge in [0.1, 0.15) is 0 Å². The molecule has 0 amide bonds. The van der Waals surface area contributed by atoms with Crippen molar-refractivity contribution in [3.63, 3.8) is 0 Å². The van der Waals surface area contributed by atoms with Crippen LogP contribution in [0.2, 0.25) is 0 Å². The van der Waals surface area contributed by atoms with Crippen LogP contribution in [0.4, 0.5) is 5.69 Å². The molecule has 0 aromatic heterocycles. The average molecular weight is 261 g/mol. The fraction of sp³-hybridized carbons (Fsp3) is 0.529. The third-order valence-corrected chi connectivity index (χ3v) is 3.24. The van der Waals surface area contributed by atoms with Crippen LogP contribution in [0.25, 0.3) is 0 Å². The van der Waals surface area contributed by atoms with E-state index in [2.05, 4.69) is 58.1 Å². The number of hydrogen-bond acceptors (Lipinski definition) is 2. The Bertz CT molecular complexity index is 416. The van der Waals surface area contributed by atoms with E-state index in [1.807, 2.05) is 6.08 Å². The molecule has 0 aliphatic carbocycles. The highest BCUT2D eigenvalue weighted by atomic mass is 16.3. The molecule has 0 aliphatic heterocycles. The zero-order valence-electron chi connectivity index (χ0n) is 13.0. The molecule has 1 aromatic carbocycles. The summed E-state index contributed by atoms with van der Waals surface area (Å²) in [6.45, 7) is 12.6. The molecule has 1 rings (SSSR count). The second-order valence-corrected chi connectivity index (χ2v) is 5.86. The third-order valence-electron chi connectivity index (χ3n) is 3.24. The van der Waals surface area contributed by atoms with Crippen molar-refractivity contribution in [1.82, 2.24) is 0 Å². The van der Waals surface area contributed by atoms with Crippen molar-refractivity contribution in [2.45, 2.75) is 59.4 Å². The summed E-state index contributed by atoms with van der Waals surface area (Å²) in [5.41, 5.74) is 3.89. The molecular weight excluding hydrogens is 234 g/mol. The monoisotopic (exact) mass is 261 g/mol. The highest BCUT2D eigenvalue weighted by Crippen LogP contribution is 2.32. The van der Waals surface area contributed by atoms with Gasteiger partial charge in [0.05, 0.1) is 5.76 Å². The van der Waals surface area contributed by atoms with Gasteiger partial charge >= 0.3 is 0 Å². The van der Waals surface area contributed by atoms with Gasteiger partial charge in [0.25, 0.3) is 0 Å². The van der Waals surface area contributed by atoms with Crippen LogP contribution in [-0.2, 0) is 0 Å². The van der Waals surface area contributed by atoms with E-state index >= 15 is 0 Å². The van der Waals surface area contributed by atoms with E-state index in [4.69, 9.17) is 0 Å². The SMILES string of the molecule is C/C(O)=C/C(C)Nc1c(C(C)C)cccc1C(C)C. The minimum atomic E-state index is 0.113. The molecule has 2 nitrogen and oxygen atoms in total. The Kier molecular flexibility index (Phi) is 5.46. The third kappa shape index (κ3) is 4.30. The molecule has 0 saturated carbocycles. The standard InChI is InChI=1S/C17H27NO/c1-11(2)15-8-7-9-16(12(3)4)17(15)18-13(5)10-14(6)19/h7-13,18-19H,1-6H3/b14-10-. The van der Waals surface area contributed by atoms with Crippen LogP contribution in [0.5, 0.6) is 0 Å². The Balaban J connectivity index is 3.18. The van der Waals surface area contributed by atoms with E-state index in [0.717, 1.165) is 0 Å². The summed E-state index contributed by atoms with van der Waals surface area (Å²) in [6.07, 6.45) is 1.83. The van der Waals surface area contributed by atoms with E-state index in [-0.39, 0.29) is 6.04 Å². The van der Waals surface area contributed by atoms with Crippen LogP contribution in [0.3, 0.4) is 0 Å². The molecule has 1 unspecified atom stereocenters. The van der Waals surface area contributed by atoms with Crippen LogP contribution in [0, 0.1) is 0 Å². The number of nitrogens with one attached hydrogen (secondary N) is 1. The zero-order chi connectivity index (χ0) is 14.6. The average Bonchev–Trinajstić information content (AvgIpc) is 2.27. The van der Waals surface area contributed by atoms with Crippen molar-refractivity contribution >= 4 is 5.69 Å². The van der Waals surface area contributed by atoms with Crippen molar-refractivity contribution in [2.75, 3.05) is 5.32 Å². The highest BCUT2D eigenvalue weighted by molar-refractivity contribution is 5.61. The van der Waals surface area contributed by atoms with E-state index < -0.39 is 0 Å². The van der Waals surface area contributed by atoms with E-state index in [1.165, 1.54) is 16.8 Å². The van der Waals surface area contributed by atoms with Crippen molar-refractivity contribution in [3.05, 3.63) is 41.2 Å². The van der Waals surface area contributed by atoms with Gasteiger partial charge in [0.2, 0.25) is 0 Å². The Morgan fingerprint density at radius 2 is 1.53 bits per heavy atom. The van der Waals surface area contributed by atoms with Gasteiger partial charge in [-0.05, 0) is 42.9 Å². The normalized spacial score (nSPS) is 14.0. The highest BCUT2D eigenvalue weighted by Gasteiger charge is 2.14. The van der Waals surface area contributed by atoms with Gasteiger partial charge in [-0.3, -0.25) is 0 Å². The Morgan fingerprint density at radius 1 is 1.05 bits per heavy atom. The fourth-order valence-electron chi connectivity index (χ4n) is 2.35. The molecule has 2 N–H and O–H groups in total. The summed E-state index contributed by atoms with van der Waals surface area (Å²) < 4.78 is 0. The molecule has 106 valence electrons. The number of benzene rings is 1. The number of allylic oxidation sites excluding steroid dienone is 1. The first-order valence-electron chi connectivity index (χ1n) is 7.09. The molecule has 0 bridgehead atoms. The van der Waals surface area contributed by atoms with Gasteiger partial charge in [0.15, 0.2) is 0 Å². The largest absolute Gasteiger partial charge is 0.513 e. The number of hydrogen-bond donors (Lipinski definition) is 2. The molecule has 0 spiro atoms. The molecular formula is C17H27NO. The molecule has 0 aliphatic rings. The summed E-state index contributed by atoms with van der Waals surface area (Å²) >= 11 is 0. The molecule has 0 saturated heterocycles. The summed E-state index contributed by atoms with van der Waals surface area (Å²) in [5, 5.41) is 12.9. The number of anilines is 1. The number of aliphatic hydroxyl groups is 1. The first-order valence-corrected chi connectivity index (χ1v) is 7.09. The van der Waals surface area contributed by atoms with Crippen molar-refractivity contribution in [2.24, 2.45) is 0 Å². The first-order chi connectivity index (χ1) is 8.82. The second kappa shape index (κ2) is 6.65. The number of para-hydroxylation sites is 1.